The largest absolute Gasteiger partial charge is 0.489 e. The molecule has 0 saturated carbocycles. The summed E-state index contributed by atoms with van der Waals surface area (Å²) >= 11 is 0. The normalized spacial score (nSPS) is 10.3. The van der Waals surface area contributed by atoms with E-state index in [9.17, 15) is 0 Å². The van der Waals surface area contributed by atoms with Crippen LogP contribution in [0, 0.1) is 0 Å². The highest BCUT2D eigenvalue weighted by molar-refractivity contribution is 5.27. The zero-order valence-corrected chi connectivity index (χ0v) is 10.3. The predicted molar refractivity (Wildman–Crippen MR) is 69.0 cm³/mol. The lowest BCUT2D eigenvalue weighted by atomic mass is 10.2. The van der Waals surface area contributed by atoms with E-state index in [2.05, 4.69) is 4.89 Å². The van der Waals surface area contributed by atoms with Crippen LogP contribution in [0.15, 0.2) is 54.6 Å². The van der Waals surface area contributed by atoms with Crippen LogP contribution >= 0.6 is 0 Å². The molecular formula is C15H16O3. The van der Waals surface area contributed by atoms with Crippen LogP contribution in [0.2, 0.25) is 0 Å². The van der Waals surface area contributed by atoms with Crippen molar-refractivity contribution in [3.05, 3.63) is 65.7 Å². The number of hydrogen-bond acceptors (Lipinski definition) is 3. The number of hydrogen-bond donors (Lipinski definition) is 0. The van der Waals surface area contributed by atoms with Crippen molar-refractivity contribution < 1.29 is 14.5 Å². The van der Waals surface area contributed by atoms with Crippen LogP contribution in [0.5, 0.6) is 5.75 Å². The van der Waals surface area contributed by atoms with Crippen LogP contribution in [0.25, 0.3) is 0 Å². The third-order valence-electron chi connectivity index (χ3n) is 2.52. The molecule has 2 aromatic rings. The lowest BCUT2D eigenvalue weighted by Crippen LogP contribution is -1.95. The predicted octanol–water partition coefficient (Wildman–Crippen LogP) is 3.34. The van der Waals surface area contributed by atoms with Gasteiger partial charge in [-0.15, -0.1) is 0 Å². The van der Waals surface area contributed by atoms with E-state index in [1.165, 1.54) is 7.11 Å². The van der Waals surface area contributed by atoms with E-state index < -0.39 is 0 Å². The second-order valence-corrected chi connectivity index (χ2v) is 3.85. The van der Waals surface area contributed by atoms with Gasteiger partial charge < -0.3 is 4.74 Å². The Balaban J connectivity index is 1.86. The summed E-state index contributed by atoms with van der Waals surface area (Å²) in [6.07, 6.45) is 0. The summed E-state index contributed by atoms with van der Waals surface area (Å²) in [7, 11) is 1.50. The first-order chi connectivity index (χ1) is 8.88. The maximum absolute atomic E-state index is 5.68. The SMILES string of the molecule is COOCc1ccc(OCc2ccccc2)cc1. The van der Waals surface area contributed by atoms with Crippen molar-refractivity contribution in [2.75, 3.05) is 7.11 Å². The first-order valence-electron chi connectivity index (χ1n) is 5.80. The zero-order valence-electron chi connectivity index (χ0n) is 10.3. The fourth-order valence-corrected chi connectivity index (χ4v) is 1.55. The van der Waals surface area contributed by atoms with Gasteiger partial charge in [-0.3, -0.25) is 0 Å². The first-order valence-corrected chi connectivity index (χ1v) is 5.80. The summed E-state index contributed by atoms with van der Waals surface area (Å²) in [6.45, 7) is 1.02. The highest BCUT2D eigenvalue weighted by atomic mass is 17.2. The summed E-state index contributed by atoms with van der Waals surface area (Å²) < 4.78 is 5.68. The smallest absolute Gasteiger partial charge is 0.119 e. The standard InChI is InChI=1S/C15H16O3/c1-16-18-12-14-7-9-15(10-8-14)17-11-13-5-3-2-4-6-13/h2-10H,11-12H2,1H3. The molecule has 3 heteroatoms. The molecule has 2 rings (SSSR count). The monoisotopic (exact) mass is 244 g/mol. The summed E-state index contributed by atoms with van der Waals surface area (Å²) in [5.41, 5.74) is 2.20. The van der Waals surface area contributed by atoms with Crippen molar-refractivity contribution in [1.82, 2.24) is 0 Å². The summed E-state index contributed by atoms with van der Waals surface area (Å²) in [6, 6.07) is 17.9. The fourth-order valence-electron chi connectivity index (χ4n) is 1.55. The van der Waals surface area contributed by atoms with Crippen LogP contribution in [-0.2, 0) is 23.0 Å². The second kappa shape index (κ2) is 6.79. The Labute approximate surface area is 107 Å². The Morgan fingerprint density at radius 2 is 1.44 bits per heavy atom. The van der Waals surface area contributed by atoms with E-state index in [4.69, 9.17) is 9.62 Å². The molecule has 3 nitrogen and oxygen atoms in total. The van der Waals surface area contributed by atoms with Gasteiger partial charge in [-0.1, -0.05) is 42.5 Å². The quantitative estimate of drug-likeness (QED) is 0.576. The number of benzene rings is 2. The Bertz CT molecular complexity index is 451. The van der Waals surface area contributed by atoms with Gasteiger partial charge in [0.2, 0.25) is 0 Å². The Hall–Kier alpha value is -1.84. The molecule has 0 aliphatic rings. The lowest BCUT2D eigenvalue weighted by molar-refractivity contribution is -0.282. The Morgan fingerprint density at radius 1 is 0.778 bits per heavy atom. The van der Waals surface area contributed by atoms with E-state index in [0.717, 1.165) is 16.9 Å². The van der Waals surface area contributed by atoms with E-state index >= 15 is 0 Å². The van der Waals surface area contributed by atoms with E-state index in [1.807, 2.05) is 54.6 Å². The van der Waals surface area contributed by atoms with Gasteiger partial charge in [0, 0.05) is 0 Å². The van der Waals surface area contributed by atoms with Gasteiger partial charge >= 0.3 is 0 Å². The van der Waals surface area contributed by atoms with Crippen molar-refractivity contribution in [2.24, 2.45) is 0 Å². The van der Waals surface area contributed by atoms with Crippen LogP contribution in [0.3, 0.4) is 0 Å². The minimum Gasteiger partial charge on any atom is -0.489 e. The third kappa shape index (κ3) is 3.87. The van der Waals surface area contributed by atoms with E-state index in [0.29, 0.717) is 13.2 Å². The van der Waals surface area contributed by atoms with Gasteiger partial charge in [0.05, 0.1) is 7.11 Å². The van der Waals surface area contributed by atoms with Gasteiger partial charge in [0.1, 0.15) is 19.0 Å². The van der Waals surface area contributed by atoms with Crippen molar-refractivity contribution in [2.45, 2.75) is 13.2 Å². The average molecular weight is 244 g/mol. The summed E-state index contributed by atoms with van der Waals surface area (Å²) in [5.74, 6) is 0.847. The zero-order chi connectivity index (χ0) is 12.6. The van der Waals surface area contributed by atoms with Crippen molar-refractivity contribution in [3.63, 3.8) is 0 Å². The molecule has 0 bridgehead atoms. The van der Waals surface area contributed by atoms with Crippen LogP contribution < -0.4 is 4.74 Å². The average Bonchev–Trinajstić information content (AvgIpc) is 2.45. The second-order valence-electron chi connectivity index (χ2n) is 3.85. The lowest BCUT2D eigenvalue weighted by Gasteiger charge is -2.07. The van der Waals surface area contributed by atoms with Gasteiger partial charge in [0.15, 0.2) is 0 Å². The number of ether oxygens (including phenoxy) is 1. The summed E-state index contributed by atoms with van der Waals surface area (Å²) in [5, 5.41) is 0. The highest BCUT2D eigenvalue weighted by Crippen LogP contribution is 2.14. The van der Waals surface area contributed by atoms with Crippen LogP contribution in [-0.4, -0.2) is 7.11 Å². The van der Waals surface area contributed by atoms with E-state index in [-0.39, 0.29) is 0 Å². The minimum atomic E-state index is 0.440. The van der Waals surface area contributed by atoms with Crippen LogP contribution in [0.4, 0.5) is 0 Å². The molecule has 0 heterocycles. The van der Waals surface area contributed by atoms with Crippen LogP contribution in [0.1, 0.15) is 11.1 Å². The molecule has 94 valence electrons. The molecule has 0 radical (unpaired) electrons. The first kappa shape index (κ1) is 12.6. The van der Waals surface area contributed by atoms with Crippen molar-refractivity contribution in [1.29, 1.82) is 0 Å². The minimum absolute atomic E-state index is 0.440. The molecule has 0 N–H and O–H groups in total. The van der Waals surface area contributed by atoms with Gasteiger partial charge in [-0.2, -0.15) is 0 Å². The molecule has 0 unspecified atom stereocenters. The molecule has 0 aromatic heterocycles. The Kier molecular flexibility index (Phi) is 4.76. The molecule has 0 atom stereocenters. The van der Waals surface area contributed by atoms with Gasteiger partial charge in [-0.05, 0) is 23.3 Å². The van der Waals surface area contributed by atoms with Crippen molar-refractivity contribution in [3.8, 4) is 5.75 Å². The van der Waals surface area contributed by atoms with Gasteiger partial charge in [0.25, 0.3) is 0 Å². The number of rotatable bonds is 6. The van der Waals surface area contributed by atoms with Crippen molar-refractivity contribution >= 4 is 0 Å². The maximum Gasteiger partial charge on any atom is 0.119 e. The fraction of sp³-hybridized carbons (Fsp3) is 0.200. The topological polar surface area (TPSA) is 27.7 Å². The summed E-state index contributed by atoms with van der Waals surface area (Å²) in [4.78, 5) is 9.40. The molecule has 0 spiro atoms. The molecule has 0 amide bonds. The highest BCUT2D eigenvalue weighted by Gasteiger charge is 1.97. The molecule has 2 aromatic carbocycles. The maximum atomic E-state index is 5.68. The molecule has 0 saturated heterocycles. The van der Waals surface area contributed by atoms with Gasteiger partial charge in [-0.25, -0.2) is 9.78 Å². The molecule has 0 fully saturated rings. The Morgan fingerprint density at radius 3 is 2.11 bits per heavy atom. The molecular weight excluding hydrogens is 228 g/mol. The van der Waals surface area contributed by atoms with E-state index in [1.54, 1.807) is 0 Å². The molecule has 18 heavy (non-hydrogen) atoms. The third-order valence-corrected chi connectivity index (χ3v) is 2.52. The molecule has 0 aliphatic heterocycles. The molecule has 0 aliphatic carbocycles.